The number of amides is 2. The first-order valence-electron chi connectivity index (χ1n) is 7.38. The van der Waals surface area contributed by atoms with Crippen molar-refractivity contribution in [3.05, 3.63) is 29.8 Å². The van der Waals surface area contributed by atoms with Crippen LogP contribution in [0, 0.1) is 0 Å². The Morgan fingerprint density at radius 3 is 2.58 bits per heavy atom. The quantitative estimate of drug-likeness (QED) is 0.329. The van der Waals surface area contributed by atoms with Crippen molar-refractivity contribution in [2.45, 2.75) is 32.8 Å². The summed E-state index contributed by atoms with van der Waals surface area (Å²) in [6, 6.07) is 6.71. The summed E-state index contributed by atoms with van der Waals surface area (Å²) in [5.74, 6) is 0.146. The van der Waals surface area contributed by atoms with Crippen LogP contribution in [0.3, 0.4) is 0 Å². The number of methoxy groups -OCH3 is 1. The molecule has 0 aliphatic rings. The Morgan fingerprint density at radius 1 is 1.29 bits per heavy atom. The van der Waals surface area contributed by atoms with Crippen LogP contribution >= 0.6 is 0 Å². The monoisotopic (exact) mass is 337 g/mol. The number of nitrogens with zero attached hydrogens (tertiary/aromatic N) is 1. The van der Waals surface area contributed by atoms with Crippen LogP contribution in [-0.2, 0) is 9.53 Å². The summed E-state index contributed by atoms with van der Waals surface area (Å²) in [5.41, 5.74) is -0.111. The molecule has 0 unspecified atom stereocenters. The average Bonchev–Trinajstić information content (AvgIpc) is 2.50. The van der Waals surface area contributed by atoms with Crippen LogP contribution in [0.4, 0.5) is 4.79 Å². The molecule has 1 aromatic carbocycles. The Balaban J connectivity index is 2.49. The van der Waals surface area contributed by atoms with Gasteiger partial charge in [-0.25, -0.2) is 4.79 Å². The number of oxime groups is 1. The molecule has 8 heteroatoms. The fraction of sp³-hybridized carbons (Fsp3) is 0.438. The SMILES string of the molecule is COc1cccc(C(=NO)NC(=O)CCNC(=O)OC(C)(C)C)c1. The molecule has 0 saturated heterocycles. The highest BCUT2D eigenvalue weighted by atomic mass is 16.6. The molecule has 0 fully saturated rings. The number of carbonyl (C=O) groups is 2. The molecule has 0 radical (unpaired) electrons. The third-order valence-electron chi connectivity index (χ3n) is 2.72. The van der Waals surface area contributed by atoms with Gasteiger partial charge in [0.15, 0.2) is 5.84 Å². The molecule has 1 rings (SSSR count). The van der Waals surface area contributed by atoms with E-state index in [1.165, 1.54) is 7.11 Å². The average molecular weight is 337 g/mol. The predicted octanol–water partition coefficient (Wildman–Crippen LogP) is 1.86. The van der Waals surface area contributed by atoms with Crippen LogP contribution < -0.4 is 15.4 Å². The number of carbonyl (C=O) groups excluding carboxylic acids is 2. The van der Waals surface area contributed by atoms with Gasteiger partial charge in [-0.15, -0.1) is 0 Å². The van der Waals surface area contributed by atoms with E-state index < -0.39 is 17.6 Å². The van der Waals surface area contributed by atoms with Gasteiger partial charge in [-0.1, -0.05) is 17.3 Å². The maximum Gasteiger partial charge on any atom is 0.407 e. The number of alkyl carbamates (subject to hydrolysis) is 1. The van der Waals surface area contributed by atoms with Gasteiger partial charge in [-0.2, -0.15) is 0 Å². The smallest absolute Gasteiger partial charge is 0.407 e. The van der Waals surface area contributed by atoms with Gasteiger partial charge in [0, 0.05) is 18.5 Å². The van der Waals surface area contributed by atoms with Crippen LogP contribution in [0.1, 0.15) is 32.8 Å². The molecule has 0 saturated carbocycles. The minimum absolute atomic E-state index is 0.00221. The molecular weight excluding hydrogens is 314 g/mol. The zero-order chi connectivity index (χ0) is 18.2. The van der Waals surface area contributed by atoms with Gasteiger partial charge >= 0.3 is 6.09 Å². The molecule has 3 N–H and O–H groups in total. The number of ether oxygens (including phenoxy) is 2. The summed E-state index contributed by atoms with van der Waals surface area (Å²) in [4.78, 5) is 23.3. The topological polar surface area (TPSA) is 109 Å². The molecule has 0 heterocycles. The Hall–Kier alpha value is -2.77. The molecule has 24 heavy (non-hydrogen) atoms. The minimum atomic E-state index is -0.602. The van der Waals surface area contributed by atoms with Crippen LogP contribution in [-0.4, -0.2) is 42.3 Å². The molecule has 2 amide bonds. The summed E-state index contributed by atoms with van der Waals surface area (Å²) >= 11 is 0. The molecule has 0 spiro atoms. The fourth-order valence-corrected chi connectivity index (χ4v) is 1.71. The number of rotatable bonds is 5. The van der Waals surface area contributed by atoms with Gasteiger partial charge in [0.25, 0.3) is 0 Å². The summed E-state index contributed by atoms with van der Waals surface area (Å²) in [6.45, 7) is 5.34. The minimum Gasteiger partial charge on any atom is -0.497 e. The van der Waals surface area contributed by atoms with Gasteiger partial charge in [0.05, 0.1) is 7.11 Å². The Bertz CT molecular complexity index is 608. The molecule has 0 atom stereocenters. The fourth-order valence-electron chi connectivity index (χ4n) is 1.71. The summed E-state index contributed by atoms with van der Waals surface area (Å²) in [7, 11) is 1.51. The summed E-state index contributed by atoms with van der Waals surface area (Å²) in [5, 5.41) is 17.1. The Kier molecular flexibility index (Phi) is 7.03. The standard InChI is InChI=1S/C16H23N3O5/c1-16(2,3)24-15(21)17-9-8-13(20)18-14(19-22)11-6-5-7-12(10-11)23-4/h5-7,10,22H,8-9H2,1-4H3,(H,17,21)(H,18,19,20). The molecule has 1 aromatic rings. The molecular formula is C16H23N3O5. The second kappa shape index (κ2) is 8.76. The lowest BCUT2D eigenvalue weighted by atomic mass is 10.2. The van der Waals surface area contributed by atoms with Crippen LogP contribution in [0.2, 0.25) is 0 Å². The maximum absolute atomic E-state index is 11.9. The third kappa shape index (κ3) is 6.99. The number of amidine groups is 1. The van der Waals surface area contributed by atoms with Crippen molar-refractivity contribution in [1.29, 1.82) is 0 Å². The van der Waals surface area contributed by atoms with Crippen molar-refractivity contribution in [3.63, 3.8) is 0 Å². The van der Waals surface area contributed by atoms with Gasteiger partial charge in [-0.3, -0.25) is 4.79 Å². The maximum atomic E-state index is 11.9. The van der Waals surface area contributed by atoms with Crippen molar-refractivity contribution in [3.8, 4) is 5.75 Å². The van der Waals surface area contributed by atoms with Crippen LogP contribution in [0.5, 0.6) is 5.75 Å². The molecule has 132 valence electrons. The third-order valence-corrected chi connectivity index (χ3v) is 2.72. The van der Waals surface area contributed by atoms with Gasteiger partial charge in [0.2, 0.25) is 5.91 Å². The van der Waals surface area contributed by atoms with Gasteiger partial charge < -0.3 is 25.3 Å². The first-order valence-corrected chi connectivity index (χ1v) is 7.38. The lowest BCUT2D eigenvalue weighted by Crippen LogP contribution is -2.36. The van der Waals surface area contributed by atoms with E-state index in [9.17, 15) is 9.59 Å². The zero-order valence-corrected chi connectivity index (χ0v) is 14.3. The van der Waals surface area contributed by atoms with Crippen LogP contribution in [0.25, 0.3) is 0 Å². The highest BCUT2D eigenvalue weighted by molar-refractivity contribution is 6.07. The zero-order valence-electron chi connectivity index (χ0n) is 14.3. The van der Waals surface area contributed by atoms with Gasteiger partial charge in [-0.05, 0) is 32.9 Å². The van der Waals surface area contributed by atoms with E-state index in [-0.39, 0.29) is 18.8 Å². The van der Waals surface area contributed by atoms with Crippen molar-refractivity contribution < 1.29 is 24.3 Å². The van der Waals surface area contributed by atoms with E-state index >= 15 is 0 Å². The molecule has 0 aromatic heterocycles. The van der Waals surface area contributed by atoms with Crippen molar-refractivity contribution in [2.24, 2.45) is 5.16 Å². The first-order chi connectivity index (χ1) is 11.2. The molecule has 0 aliphatic carbocycles. The van der Waals surface area contributed by atoms with E-state index in [2.05, 4.69) is 15.8 Å². The number of hydrogen-bond donors (Lipinski definition) is 3. The molecule has 8 nitrogen and oxygen atoms in total. The van der Waals surface area contributed by atoms with Crippen molar-refractivity contribution >= 4 is 17.8 Å². The Labute approximate surface area is 140 Å². The molecule has 0 aliphatic heterocycles. The van der Waals surface area contributed by atoms with E-state index in [1.54, 1.807) is 45.0 Å². The van der Waals surface area contributed by atoms with E-state index in [0.29, 0.717) is 11.3 Å². The highest BCUT2D eigenvalue weighted by Gasteiger charge is 2.16. The lowest BCUT2D eigenvalue weighted by Gasteiger charge is -2.19. The summed E-state index contributed by atoms with van der Waals surface area (Å²) in [6.07, 6.45) is -0.596. The highest BCUT2D eigenvalue weighted by Crippen LogP contribution is 2.12. The lowest BCUT2D eigenvalue weighted by molar-refractivity contribution is -0.119. The van der Waals surface area contributed by atoms with E-state index in [1.807, 2.05) is 0 Å². The van der Waals surface area contributed by atoms with Crippen LogP contribution in [0.15, 0.2) is 29.4 Å². The number of benzene rings is 1. The normalized spacial score (nSPS) is 11.6. The number of hydrogen-bond acceptors (Lipinski definition) is 6. The number of nitrogens with one attached hydrogen (secondary N) is 2. The molecule has 0 bridgehead atoms. The van der Waals surface area contributed by atoms with E-state index in [4.69, 9.17) is 14.7 Å². The van der Waals surface area contributed by atoms with Crippen molar-refractivity contribution in [2.75, 3.05) is 13.7 Å². The second-order valence-electron chi connectivity index (χ2n) is 5.91. The second-order valence-corrected chi connectivity index (χ2v) is 5.91. The first kappa shape index (κ1) is 19.3. The predicted molar refractivity (Wildman–Crippen MR) is 88.3 cm³/mol. The Morgan fingerprint density at radius 2 is 2.00 bits per heavy atom. The van der Waals surface area contributed by atoms with Gasteiger partial charge in [0.1, 0.15) is 11.4 Å². The summed E-state index contributed by atoms with van der Waals surface area (Å²) < 4.78 is 10.1. The largest absolute Gasteiger partial charge is 0.497 e. The van der Waals surface area contributed by atoms with Crippen molar-refractivity contribution in [1.82, 2.24) is 10.6 Å². The van der Waals surface area contributed by atoms with E-state index in [0.717, 1.165) is 0 Å².